The summed E-state index contributed by atoms with van der Waals surface area (Å²) >= 11 is 0. The highest BCUT2D eigenvalue weighted by Gasteiger charge is 2.48. The van der Waals surface area contributed by atoms with Gasteiger partial charge in [0.05, 0.1) is 25.0 Å². The summed E-state index contributed by atoms with van der Waals surface area (Å²) in [6, 6.07) is 0. The third-order valence-corrected chi connectivity index (χ3v) is 2.30. The molecular formula is C8H6F5N3O. The fraction of sp³-hybridized carbons (Fsp3) is 0.500. The number of hydrogen-bond acceptors (Lipinski definition) is 3. The highest BCUT2D eigenvalue weighted by molar-refractivity contribution is 5.55. The number of halogens is 5. The van der Waals surface area contributed by atoms with Crippen molar-refractivity contribution in [3.8, 4) is 0 Å². The van der Waals surface area contributed by atoms with Gasteiger partial charge < -0.3 is 4.90 Å². The topological polar surface area (TPSA) is 49.0 Å². The molecule has 0 aliphatic carbocycles. The second-order valence-corrected chi connectivity index (χ2v) is 3.67. The molecular weight excluding hydrogens is 249 g/mol. The van der Waals surface area contributed by atoms with E-state index in [0.717, 1.165) is 11.1 Å². The summed E-state index contributed by atoms with van der Waals surface area (Å²) in [5.41, 5.74) is -3.56. The van der Waals surface area contributed by atoms with Crippen molar-refractivity contribution in [2.45, 2.75) is 12.1 Å². The van der Waals surface area contributed by atoms with E-state index in [1.165, 1.54) is 0 Å². The molecule has 1 aromatic rings. The Morgan fingerprint density at radius 3 is 2.41 bits per heavy atom. The Balaban J connectivity index is 2.42. The lowest BCUT2D eigenvalue weighted by molar-refractivity contribution is -0.138. The van der Waals surface area contributed by atoms with Crippen molar-refractivity contribution in [3.63, 3.8) is 0 Å². The summed E-state index contributed by atoms with van der Waals surface area (Å²) in [6.07, 6.45) is -4.18. The van der Waals surface area contributed by atoms with E-state index in [1.54, 1.807) is 5.10 Å². The molecule has 94 valence electrons. The molecule has 1 aliphatic rings. The molecule has 1 aromatic heterocycles. The van der Waals surface area contributed by atoms with Crippen molar-refractivity contribution in [2.75, 3.05) is 18.0 Å². The molecule has 0 saturated carbocycles. The van der Waals surface area contributed by atoms with Crippen LogP contribution < -0.4 is 10.5 Å². The molecule has 4 nitrogen and oxygen atoms in total. The average molecular weight is 255 g/mol. The first-order valence-electron chi connectivity index (χ1n) is 4.48. The lowest BCUT2D eigenvalue weighted by atomic mass is 10.1. The number of nitrogens with one attached hydrogen (secondary N) is 1. The number of hydrogen-bond donors (Lipinski definition) is 1. The molecule has 0 radical (unpaired) electrons. The number of nitrogens with zero attached hydrogens (tertiary/aromatic N) is 2. The van der Waals surface area contributed by atoms with Crippen LogP contribution in [0.2, 0.25) is 0 Å². The Labute approximate surface area is 91.0 Å². The van der Waals surface area contributed by atoms with Crippen LogP contribution in [0, 0.1) is 0 Å². The van der Waals surface area contributed by atoms with Gasteiger partial charge >= 0.3 is 6.18 Å². The normalized spacial score (nSPS) is 19.0. The lowest BCUT2D eigenvalue weighted by Gasteiger charge is -2.40. The van der Waals surface area contributed by atoms with E-state index < -0.39 is 42.0 Å². The van der Waals surface area contributed by atoms with Gasteiger partial charge in [0.25, 0.3) is 11.5 Å². The van der Waals surface area contributed by atoms with Crippen LogP contribution in [0.5, 0.6) is 0 Å². The number of aromatic nitrogens is 2. The van der Waals surface area contributed by atoms with E-state index in [-0.39, 0.29) is 0 Å². The average Bonchev–Trinajstić information content (AvgIpc) is 2.11. The third kappa shape index (κ3) is 2.08. The van der Waals surface area contributed by atoms with Crippen LogP contribution >= 0.6 is 0 Å². The van der Waals surface area contributed by atoms with Gasteiger partial charge in [0, 0.05) is 0 Å². The van der Waals surface area contributed by atoms with Crippen LogP contribution in [-0.4, -0.2) is 29.2 Å². The predicted octanol–water partition coefficient (Wildman–Crippen LogP) is 1.24. The van der Waals surface area contributed by atoms with Crippen LogP contribution in [0.1, 0.15) is 5.56 Å². The van der Waals surface area contributed by atoms with Gasteiger partial charge in [-0.25, -0.2) is 13.9 Å². The van der Waals surface area contributed by atoms with Gasteiger partial charge in [-0.1, -0.05) is 0 Å². The van der Waals surface area contributed by atoms with Crippen LogP contribution in [-0.2, 0) is 6.18 Å². The predicted molar refractivity (Wildman–Crippen MR) is 47.0 cm³/mol. The second-order valence-electron chi connectivity index (χ2n) is 3.67. The minimum Gasteiger partial charge on any atom is -0.357 e. The smallest absolute Gasteiger partial charge is 0.357 e. The summed E-state index contributed by atoms with van der Waals surface area (Å²) in [7, 11) is 0. The Kier molecular flexibility index (Phi) is 2.37. The van der Waals surface area contributed by atoms with Gasteiger partial charge in [-0.05, 0) is 0 Å². The molecule has 1 N–H and O–H groups in total. The molecule has 2 heterocycles. The number of aromatic amines is 1. The molecule has 0 spiro atoms. The standard InChI is InChI=1S/C8H6F5N3O/c9-7(10)2-16(3-7)4-1-14-15-6(17)5(4)8(11,12)13/h1H,2-3H2,(H,15,17). The SMILES string of the molecule is O=c1[nH]ncc(N2CC(F)(F)C2)c1C(F)(F)F. The molecule has 0 atom stereocenters. The summed E-state index contributed by atoms with van der Waals surface area (Å²) in [5, 5.41) is 4.82. The van der Waals surface area contributed by atoms with Gasteiger partial charge in [-0.3, -0.25) is 4.79 Å². The van der Waals surface area contributed by atoms with E-state index in [4.69, 9.17) is 0 Å². The summed E-state index contributed by atoms with van der Waals surface area (Å²) in [4.78, 5) is 11.8. The van der Waals surface area contributed by atoms with E-state index in [9.17, 15) is 26.7 Å². The monoisotopic (exact) mass is 255 g/mol. The van der Waals surface area contributed by atoms with Gasteiger partial charge in [-0.15, -0.1) is 0 Å². The minimum atomic E-state index is -4.91. The first kappa shape index (κ1) is 11.8. The summed E-state index contributed by atoms with van der Waals surface area (Å²) in [5.74, 6) is -3.02. The molecule has 2 rings (SSSR count). The summed E-state index contributed by atoms with van der Waals surface area (Å²) in [6.45, 7) is -1.69. The second kappa shape index (κ2) is 3.41. The summed E-state index contributed by atoms with van der Waals surface area (Å²) < 4.78 is 62.8. The lowest BCUT2D eigenvalue weighted by Crippen LogP contribution is -2.57. The zero-order valence-corrected chi connectivity index (χ0v) is 8.18. The van der Waals surface area contributed by atoms with Crippen molar-refractivity contribution in [2.24, 2.45) is 0 Å². The molecule has 0 bridgehead atoms. The molecule has 0 amide bonds. The van der Waals surface area contributed by atoms with Crippen molar-refractivity contribution < 1.29 is 22.0 Å². The Bertz CT molecular complexity index is 487. The highest BCUT2D eigenvalue weighted by atomic mass is 19.4. The van der Waals surface area contributed by atoms with E-state index >= 15 is 0 Å². The fourth-order valence-electron chi connectivity index (χ4n) is 1.59. The molecule has 0 aromatic carbocycles. The molecule has 17 heavy (non-hydrogen) atoms. The molecule has 0 unspecified atom stereocenters. The van der Waals surface area contributed by atoms with Gasteiger partial charge in [0.2, 0.25) is 0 Å². The number of anilines is 1. The molecule has 9 heteroatoms. The molecule has 1 saturated heterocycles. The van der Waals surface area contributed by atoms with Gasteiger partial charge in [-0.2, -0.15) is 18.3 Å². The Morgan fingerprint density at radius 1 is 1.35 bits per heavy atom. The maximum Gasteiger partial charge on any atom is 0.423 e. The highest BCUT2D eigenvalue weighted by Crippen LogP contribution is 2.38. The zero-order chi connectivity index (χ0) is 12.8. The van der Waals surface area contributed by atoms with Crippen molar-refractivity contribution >= 4 is 5.69 Å². The Morgan fingerprint density at radius 2 is 1.94 bits per heavy atom. The van der Waals surface area contributed by atoms with Crippen molar-refractivity contribution in [1.82, 2.24) is 10.2 Å². The van der Waals surface area contributed by atoms with Crippen molar-refractivity contribution in [3.05, 3.63) is 22.1 Å². The quantitative estimate of drug-likeness (QED) is 0.768. The first-order chi connectivity index (χ1) is 7.71. The largest absolute Gasteiger partial charge is 0.423 e. The van der Waals surface area contributed by atoms with E-state index in [1.807, 2.05) is 0 Å². The van der Waals surface area contributed by atoms with Gasteiger partial charge in [0.1, 0.15) is 5.56 Å². The fourth-order valence-corrected chi connectivity index (χ4v) is 1.59. The molecule has 1 fully saturated rings. The molecule has 1 aliphatic heterocycles. The third-order valence-electron chi connectivity index (χ3n) is 2.30. The van der Waals surface area contributed by atoms with Crippen LogP contribution in [0.15, 0.2) is 11.0 Å². The zero-order valence-electron chi connectivity index (χ0n) is 8.18. The van der Waals surface area contributed by atoms with Crippen LogP contribution in [0.4, 0.5) is 27.6 Å². The van der Waals surface area contributed by atoms with Crippen molar-refractivity contribution in [1.29, 1.82) is 0 Å². The van der Waals surface area contributed by atoms with Crippen LogP contribution in [0.3, 0.4) is 0 Å². The number of rotatable bonds is 1. The van der Waals surface area contributed by atoms with Crippen LogP contribution in [0.25, 0.3) is 0 Å². The minimum absolute atomic E-state index is 0.618. The Hall–Kier alpha value is -1.67. The van der Waals surface area contributed by atoms with E-state index in [2.05, 4.69) is 5.10 Å². The first-order valence-corrected chi connectivity index (χ1v) is 4.48. The maximum atomic E-state index is 12.6. The number of H-pyrrole nitrogens is 1. The van der Waals surface area contributed by atoms with E-state index in [0.29, 0.717) is 0 Å². The van der Waals surface area contributed by atoms with Gasteiger partial charge in [0.15, 0.2) is 0 Å². The maximum absolute atomic E-state index is 12.6. The number of alkyl halides is 5.